The molecular formula is C22H16ClFN2O. The van der Waals surface area contributed by atoms with E-state index >= 15 is 0 Å². The van der Waals surface area contributed by atoms with E-state index in [1.807, 2.05) is 47.5 Å². The van der Waals surface area contributed by atoms with Gasteiger partial charge in [-0.05, 0) is 29.8 Å². The van der Waals surface area contributed by atoms with Gasteiger partial charge in [-0.25, -0.2) is 9.40 Å². The van der Waals surface area contributed by atoms with Gasteiger partial charge in [0.2, 0.25) is 6.23 Å². The van der Waals surface area contributed by atoms with Crippen LogP contribution in [0.1, 0.15) is 35.4 Å². The molecule has 0 fully saturated rings. The molecule has 0 amide bonds. The van der Waals surface area contributed by atoms with E-state index in [1.165, 1.54) is 12.1 Å². The van der Waals surface area contributed by atoms with Gasteiger partial charge in [0.05, 0.1) is 11.8 Å². The van der Waals surface area contributed by atoms with Gasteiger partial charge in [0.25, 0.3) is 0 Å². The molecule has 2 unspecified atom stereocenters. The summed E-state index contributed by atoms with van der Waals surface area (Å²) < 4.78 is 19.6. The summed E-state index contributed by atoms with van der Waals surface area (Å²) in [5, 5.41) is 7.47. The first-order valence-electron chi connectivity index (χ1n) is 8.82. The maximum Gasteiger partial charge on any atom is 0.215 e. The summed E-state index contributed by atoms with van der Waals surface area (Å²) in [7, 11) is 0. The third-order valence-electron chi connectivity index (χ3n) is 5.05. The molecular weight excluding hydrogens is 363 g/mol. The van der Waals surface area contributed by atoms with Gasteiger partial charge in [0.1, 0.15) is 11.6 Å². The molecule has 2 heterocycles. The summed E-state index contributed by atoms with van der Waals surface area (Å²) in [6.45, 7) is 0. The smallest absolute Gasteiger partial charge is 0.215 e. The van der Waals surface area contributed by atoms with Gasteiger partial charge < -0.3 is 4.74 Å². The van der Waals surface area contributed by atoms with Gasteiger partial charge in [0.15, 0.2) is 0 Å². The van der Waals surface area contributed by atoms with Crippen molar-refractivity contribution in [2.45, 2.75) is 18.7 Å². The average Bonchev–Trinajstić information content (AvgIpc) is 3.14. The van der Waals surface area contributed by atoms with Crippen molar-refractivity contribution in [1.82, 2.24) is 5.01 Å². The van der Waals surface area contributed by atoms with E-state index in [2.05, 4.69) is 6.07 Å². The Hall–Kier alpha value is -2.85. The van der Waals surface area contributed by atoms with Crippen LogP contribution in [-0.2, 0) is 0 Å². The fraction of sp³-hybridized carbons (Fsp3) is 0.136. The first-order chi connectivity index (χ1) is 13.2. The van der Waals surface area contributed by atoms with Gasteiger partial charge in [0, 0.05) is 22.6 Å². The predicted molar refractivity (Wildman–Crippen MR) is 103 cm³/mol. The Labute approximate surface area is 161 Å². The molecule has 0 aromatic heterocycles. The van der Waals surface area contributed by atoms with E-state index in [-0.39, 0.29) is 11.9 Å². The molecule has 5 heteroatoms. The van der Waals surface area contributed by atoms with Crippen LogP contribution in [0.5, 0.6) is 5.75 Å². The van der Waals surface area contributed by atoms with E-state index in [4.69, 9.17) is 21.4 Å². The zero-order chi connectivity index (χ0) is 18.4. The second-order valence-electron chi connectivity index (χ2n) is 6.68. The Morgan fingerprint density at radius 2 is 1.63 bits per heavy atom. The Balaban J connectivity index is 1.61. The predicted octanol–water partition coefficient (Wildman–Crippen LogP) is 5.72. The number of hydrogen-bond donors (Lipinski definition) is 0. The van der Waals surface area contributed by atoms with Crippen LogP contribution < -0.4 is 4.74 Å². The number of fused-ring (bicyclic) bond motifs is 3. The summed E-state index contributed by atoms with van der Waals surface area (Å²) in [5.41, 5.74) is 3.81. The molecule has 3 aromatic carbocycles. The highest BCUT2D eigenvalue weighted by Gasteiger charge is 2.41. The van der Waals surface area contributed by atoms with Crippen LogP contribution in [0.15, 0.2) is 77.9 Å². The minimum absolute atomic E-state index is 0.0521. The van der Waals surface area contributed by atoms with Crippen molar-refractivity contribution in [3.8, 4) is 5.75 Å². The Kier molecular flexibility index (Phi) is 3.87. The molecule has 0 aliphatic carbocycles. The highest BCUT2D eigenvalue weighted by Crippen LogP contribution is 2.48. The fourth-order valence-corrected chi connectivity index (χ4v) is 3.96. The van der Waals surface area contributed by atoms with Crippen molar-refractivity contribution in [1.29, 1.82) is 0 Å². The lowest BCUT2D eigenvalue weighted by Crippen LogP contribution is -2.33. The normalized spacial score (nSPS) is 20.5. The monoisotopic (exact) mass is 378 g/mol. The van der Waals surface area contributed by atoms with Gasteiger partial charge in [-0.3, -0.25) is 0 Å². The highest BCUT2D eigenvalue weighted by molar-refractivity contribution is 6.31. The number of rotatable bonds is 2. The first-order valence-corrected chi connectivity index (χ1v) is 9.20. The number of ether oxygens (including phenoxy) is 1. The lowest BCUT2D eigenvalue weighted by Gasteiger charge is -2.38. The fourth-order valence-electron chi connectivity index (χ4n) is 3.73. The minimum Gasteiger partial charge on any atom is -0.464 e. The number of nitrogens with zero attached hydrogens (tertiary/aromatic N) is 2. The van der Waals surface area contributed by atoms with E-state index in [1.54, 1.807) is 12.1 Å². The maximum absolute atomic E-state index is 13.3. The summed E-state index contributed by atoms with van der Waals surface area (Å²) in [4.78, 5) is 0. The van der Waals surface area contributed by atoms with Crippen molar-refractivity contribution >= 4 is 17.3 Å². The van der Waals surface area contributed by atoms with Crippen LogP contribution in [-0.4, -0.2) is 10.7 Å². The second-order valence-corrected chi connectivity index (χ2v) is 7.09. The molecule has 134 valence electrons. The molecule has 0 radical (unpaired) electrons. The molecule has 0 saturated heterocycles. The molecule has 2 aliphatic heterocycles. The van der Waals surface area contributed by atoms with Crippen LogP contribution in [0.3, 0.4) is 0 Å². The first kappa shape index (κ1) is 16.3. The molecule has 27 heavy (non-hydrogen) atoms. The van der Waals surface area contributed by atoms with Crippen molar-refractivity contribution in [2.24, 2.45) is 5.10 Å². The van der Waals surface area contributed by atoms with Crippen molar-refractivity contribution in [3.05, 3.63) is 100 Å². The third kappa shape index (κ3) is 2.77. The zero-order valence-electron chi connectivity index (χ0n) is 14.3. The summed E-state index contributed by atoms with van der Waals surface area (Å²) in [6.07, 6.45) is 0.323. The van der Waals surface area contributed by atoms with Crippen molar-refractivity contribution in [3.63, 3.8) is 0 Å². The maximum atomic E-state index is 13.3. The Bertz CT molecular complexity index is 1030. The molecule has 0 N–H and O–H groups in total. The van der Waals surface area contributed by atoms with Crippen molar-refractivity contribution in [2.75, 3.05) is 0 Å². The number of hydrogen-bond acceptors (Lipinski definition) is 3. The molecule has 0 spiro atoms. The van der Waals surface area contributed by atoms with Gasteiger partial charge in [-0.1, -0.05) is 60.1 Å². The largest absolute Gasteiger partial charge is 0.464 e. The van der Waals surface area contributed by atoms with E-state index in [9.17, 15) is 4.39 Å². The Morgan fingerprint density at radius 3 is 2.41 bits per heavy atom. The number of hydrazone groups is 1. The lowest BCUT2D eigenvalue weighted by atomic mass is 9.96. The highest BCUT2D eigenvalue weighted by atomic mass is 35.5. The van der Waals surface area contributed by atoms with Gasteiger partial charge in [-0.2, -0.15) is 5.10 Å². The molecule has 0 saturated carbocycles. The number of benzene rings is 3. The standard InChI is InChI=1S/C22H16ClFN2O/c23-18-7-3-1-5-16(18)22-26-20(17-6-2-4-8-21(17)27-22)13-19(25-26)14-9-11-15(24)12-10-14/h1-12,20,22H,13H2. The third-order valence-corrected chi connectivity index (χ3v) is 5.39. The van der Waals surface area contributed by atoms with Crippen LogP contribution >= 0.6 is 11.6 Å². The summed E-state index contributed by atoms with van der Waals surface area (Å²) in [6, 6.07) is 22.2. The van der Waals surface area contributed by atoms with E-state index in [0.29, 0.717) is 5.02 Å². The van der Waals surface area contributed by atoms with Crippen LogP contribution in [0.4, 0.5) is 4.39 Å². The van der Waals surface area contributed by atoms with Crippen molar-refractivity contribution < 1.29 is 9.13 Å². The lowest BCUT2D eigenvalue weighted by molar-refractivity contribution is -0.0189. The van der Waals surface area contributed by atoms with Gasteiger partial charge in [-0.15, -0.1) is 0 Å². The SMILES string of the molecule is Fc1ccc(C2=NN3C(C2)c2ccccc2OC3c2ccccc2Cl)cc1. The molecule has 2 atom stereocenters. The quantitative estimate of drug-likeness (QED) is 0.569. The average molecular weight is 379 g/mol. The van der Waals surface area contributed by atoms with E-state index in [0.717, 1.165) is 34.6 Å². The molecule has 3 nitrogen and oxygen atoms in total. The topological polar surface area (TPSA) is 24.8 Å². The molecule has 0 bridgehead atoms. The van der Waals surface area contributed by atoms with Crippen LogP contribution in [0, 0.1) is 5.82 Å². The molecule has 2 aliphatic rings. The zero-order valence-corrected chi connectivity index (χ0v) is 15.1. The Morgan fingerprint density at radius 1 is 0.926 bits per heavy atom. The van der Waals surface area contributed by atoms with Crippen LogP contribution in [0.2, 0.25) is 5.02 Å². The summed E-state index contributed by atoms with van der Waals surface area (Å²) >= 11 is 6.45. The van der Waals surface area contributed by atoms with E-state index < -0.39 is 6.23 Å². The second kappa shape index (κ2) is 6.39. The number of halogens is 2. The molecule has 5 rings (SSSR count). The van der Waals surface area contributed by atoms with Crippen LogP contribution in [0.25, 0.3) is 0 Å². The number of para-hydroxylation sites is 1. The minimum atomic E-state index is -0.406. The van der Waals surface area contributed by atoms with Gasteiger partial charge >= 0.3 is 0 Å². The molecule has 3 aromatic rings. The summed E-state index contributed by atoms with van der Waals surface area (Å²) in [5.74, 6) is 0.594.